The van der Waals surface area contributed by atoms with Crippen molar-refractivity contribution in [2.24, 2.45) is 5.11 Å². The van der Waals surface area contributed by atoms with Gasteiger partial charge in [-0.3, -0.25) is 19.2 Å². The zero-order valence-electron chi connectivity index (χ0n) is 76.3. The van der Waals surface area contributed by atoms with Crippen molar-refractivity contribution >= 4 is 23.6 Å². The summed E-state index contributed by atoms with van der Waals surface area (Å²) in [6, 6.07) is -1.04. The standard InChI is InChI=1S/C83H136N16O31/c1-59(100)87-68-70-73(127-78(5,6)124-70)82(57-120-75(68)129-82)54-114-41-38-111-35-32-108-29-26-105-23-20-98-45-62(91-95-98)48-117-51-80(89-66(103)16-12-9-13-17-85-65(102)15-11-10-14-18-86-93-84,50-116-47-61-44-97(94-90-61)19-22-104-25-28-107-31-34-110-37-40-113-53-81-56-119-67(123-81)43-64-72(81)126-77(3,4)122-64)52-118-49-63-46-99(96-92-63)21-24-106-27-30-109-33-36-112-39-42-115-55-83-58-121-76(130-83)69(88-60(2)101)71-74(83)128-79(7,8)125-71/h44-46,64,67-76H,9-43,47-58H2,1-8H3,(H,85,102)(H,87,100)(H,88,101)(H,89,103)/t64-,67+,68-,69-,70-,71-,72-,73-,74-,75+,76+,81+,82+,83+/m1/s1. The highest BCUT2D eigenvalue weighted by atomic mass is 16.8. The Morgan fingerprint density at radius 3 is 1.22 bits per heavy atom. The first kappa shape index (κ1) is 102. The van der Waals surface area contributed by atoms with Crippen LogP contribution in [0.25, 0.3) is 10.4 Å². The zero-order chi connectivity index (χ0) is 91.6. The van der Waals surface area contributed by atoms with Gasteiger partial charge in [-0.15, -0.1) is 15.3 Å². The molecule has 3 aromatic heterocycles. The van der Waals surface area contributed by atoms with Crippen molar-refractivity contribution < 1.29 is 147 Å². The number of hydrogen-bond acceptors (Lipinski definition) is 38. The first-order valence-electron chi connectivity index (χ1n) is 45.3. The van der Waals surface area contributed by atoms with E-state index in [0.717, 1.165) is 12.8 Å². The highest BCUT2D eigenvalue weighted by Crippen LogP contribution is 2.50. The van der Waals surface area contributed by atoms with E-state index in [2.05, 4.69) is 62.2 Å². The van der Waals surface area contributed by atoms with E-state index in [9.17, 15) is 19.2 Å². The molecule has 0 unspecified atom stereocenters. The number of amides is 4. The molecule has 12 heterocycles. The van der Waals surface area contributed by atoms with Crippen molar-refractivity contribution in [1.82, 2.24) is 66.2 Å². The highest BCUT2D eigenvalue weighted by Gasteiger charge is 2.68. The summed E-state index contributed by atoms with van der Waals surface area (Å²) in [6.07, 6.45) is 6.39. The molecule has 4 amide bonds. The number of carbonyl (C=O) groups excluding carboxylic acids is 4. The van der Waals surface area contributed by atoms with E-state index >= 15 is 0 Å². The fraction of sp³-hybridized carbons (Fsp3) is 0.880. The molecular formula is C83H136N16O31. The molecule has 6 bridgehead atoms. The summed E-state index contributed by atoms with van der Waals surface area (Å²) >= 11 is 0. The number of rotatable bonds is 69. The number of azide groups is 1. The second kappa shape index (κ2) is 51.5. The Labute approximate surface area is 756 Å². The number of aromatic nitrogens is 9. The van der Waals surface area contributed by atoms with Crippen LogP contribution in [0.2, 0.25) is 0 Å². The van der Waals surface area contributed by atoms with E-state index < -0.39 is 88.8 Å². The second-order valence-electron chi connectivity index (χ2n) is 34.8. The maximum absolute atomic E-state index is 14.2. The number of nitrogens with zero attached hydrogens (tertiary/aromatic N) is 12. The minimum Gasteiger partial charge on any atom is -0.377 e. The Morgan fingerprint density at radius 1 is 0.438 bits per heavy atom. The maximum atomic E-state index is 14.2. The molecule has 130 heavy (non-hydrogen) atoms. The molecule has 47 nitrogen and oxygen atoms in total. The third-order valence-corrected chi connectivity index (χ3v) is 22.5. The predicted octanol–water partition coefficient (Wildman–Crippen LogP) is 1.35. The molecule has 0 saturated carbocycles. The van der Waals surface area contributed by atoms with Crippen LogP contribution >= 0.6 is 0 Å². The summed E-state index contributed by atoms with van der Waals surface area (Å²) < 4.78 is 168. The maximum Gasteiger partial charge on any atom is 0.220 e. The van der Waals surface area contributed by atoms with Crippen LogP contribution in [0.4, 0.5) is 0 Å². The molecule has 9 saturated heterocycles. The molecule has 4 N–H and O–H groups in total. The van der Waals surface area contributed by atoms with Gasteiger partial charge in [0.1, 0.15) is 82.0 Å². The minimum atomic E-state index is -1.29. The quantitative estimate of drug-likeness (QED) is 0.0268. The molecule has 12 rings (SSSR count). The Kier molecular flexibility index (Phi) is 40.6. The Hall–Kier alpha value is -6.47. The van der Waals surface area contributed by atoms with Crippen molar-refractivity contribution in [3.05, 3.63) is 46.1 Å². The number of hydrogen-bond donors (Lipinski definition) is 4. The molecular weight excluding hydrogens is 1720 g/mol. The normalized spacial score (nSPS) is 27.4. The summed E-state index contributed by atoms with van der Waals surface area (Å²) in [5, 5.41) is 41.5. The third-order valence-electron chi connectivity index (χ3n) is 22.5. The van der Waals surface area contributed by atoms with E-state index in [1.54, 1.807) is 32.6 Å². The van der Waals surface area contributed by atoms with E-state index in [-0.39, 0.29) is 115 Å². The summed E-state index contributed by atoms with van der Waals surface area (Å²) in [7, 11) is 0. The first-order chi connectivity index (χ1) is 62.9. The van der Waals surface area contributed by atoms with E-state index in [0.29, 0.717) is 240 Å². The van der Waals surface area contributed by atoms with Crippen LogP contribution in [0.15, 0.2) is 23.7 Å². The van der Waals surface area contributed by atoms with Crippen LogP contribution < -0.4 is 21.3 Å². The number of unbranched alkanes of at least 4 members (excludes halogenated alkanes) is 4. The molecule has 47 heteroatoms. The summed E-state index contributed by atoms with van der Waals surface area (Å²) in [5.74, 6) is -3.22. The smallest absolute Gasteiger partial charge is 0.220 e. The van der Waals surface area contributed by atoms with Crippen molar-refractivity contribution in [3.63, 3.8) is 0 Å². The molecule has 0 aliphatic carbocycles. The Balaban J connectivity index is 0.566. The van der Waals surface area contributed by atoms with Gasteiger partial charge in [0.15, 0.2) is 36.2 Å². The minimum absolute atomic E-state index is 0.00792. The van der Waals surface area contributed by atoms with Crippen molar-refractivity contribution in [2.75, 3.05) is 211 Å². The zero-order valence-corrected chi connectivity index (χ0v) is 76.3. The average Bonchev–Trinajstić information content (AvgIpc) is 1.57. The van der Waals surface area contributed by atoms with Gasteiger partial charge in [-0.05, 0) is 72.8 Å². The van der Waals surface area contributed by atoms with Gasteiger partial charge in [0.05, 0.1) is 262 Å². The Bertz CT molecular complexity index is 3770. The average molecular weight is 1850 g/mol. The summed E-state index contributed by atoms with van der Waals surface area (Å²) in [5.41, 5.74) is 6.31. The number of carbonyl (C=O) groups is 4. The van der Waals surface area contributed by atoms with E-state index in [1.165, 1.54) is 13.8 Å². The van der Waals surface area contributed by atoms with Gasteiger partial charge in [-0.2, -0.15) is 0 Å². The largest absolute Gasteiger partial charge is 0.377 e. The van der Waals surface area contributed by atoms with Crippen LogP contribution in [-0.4, -0.2) is 387 Å². The fourth-order valence-electron chi connectivity index (χ4n) is 16.6. The lowest BCUT2D eigenvalue weighted by Crippen LogP contribution is -2.65. The highest BCUT2D eigenvalue weighted by molar-refractivity contribution is 5.77. The van der Waals surface area contributed by atoms with Crippen molar-refractivity contribution in [1.29, 1.82) is 0 Å². The van der Waals surface area contributed by atoms with Crippen molar-refractivity contribution in [3.8, 4) is 0 Å². The molecule has 9 fully saturated rings. The van der Waals surface area contributed by atoms with Gasteiger partial charge < -0.3 is 149 Å². The van der Waals surface area contributed by atoms with Crippen LogP contribution in [0, 0.1) is 0 Å². The lowest BCUT2D eigenvalue weighted by molar-refractivity contribution is -0.214. The SMILES string of the molecule is CC(=O)N[C@H]1[C@H]2OC[C@](COCCOCCOCCOCCn3cc(COCC(COCc4cn(CCOCCOCCOCCOC[C@@]56CO[C@@H](O5)[C@H](NC(C)=O)[C@H]5OC(C)(C)O[C@H]56)nn4)(COCc4cn(CCOCCOCCOCCOC[C@]56CO[C@H](C[C@H]7OC(C)(C)O[C@H]75)O6)nn4)NC(=O)CCCCCNC(=O)CCCCCN=[N+]=[N-])nn3)(O2)[C@@H]2OC(C)(C)O[C@H]12. The van der Waals surface area contributed by atoms with Gasteiger partial charge >= 0.3 is 0 Å². The molecule has 9 aliphatic rings. The number of ether oxygens (including phenoxy) is 27. The van der Waals surface area contributed by atoms with Crippen LogP contribution in [-0.2, 0) is 187 Å². The summed E-state index contributed by atoms with van der Waals surface area (Å²) in [6.45, 7) is 24.5. The van der Waals surface area contributed by atoms with Crippen LogP contribution in [0.5, 0.6) is 0 Å². The van der Waals surface area contributed by atoms with Gasteiger partial charge in [0.25, 0.3) is 0 Å². The predicted molar refractivity (Wildman–Crippen MR) is 446 cm³/mol. The van der Waals surface area contributed by atoms with E-state index in [1.807, 2.05) is 41.5 Å². The lowest BCUT2D eigenvalue weighted by Gasteiger charge is -2.42. The lowest BCUT2D eigenvalue weighted by atomic mass is 9.88. The molecule has 3 aromatic rings. The topological polar surface area (TPSA) is 507 Å². The molecule has 14 atom stereocenters. The Morgan fingerprint density at radius 2 is 0.808 bits per heavy atom. The van der Waals surface area contributed by atoms with E-state index in [4.69, 9.17) is 133 Å². The van der Waals surface area contributed by atoms with Crippen molar-refractivity contribution in [2.45, 2.75) is 260 Å². The molecule has 0 aromatic carbocycles. The van der Waals surface area contributed by atoms with Gasteiger partial charge in [-0.25, -0.2) is 14.0 Å². The fourth-order valence-corrected chi connectivity index (χ4v) is 16.6. The third kappa shape index (κ3) is 31.8. The summed E-state index contributed by atoms with van der Waals surface area (Å²) in [4.78, 5) is 53.6. The number of fused-ring (bicyclic) bond motifs is 12. The number of nitrogens with one attached hydrogen (secondary N) is 4. The molecule has 0 spiro atoms. The van der Waals surface area contributed by atoms with Gasteiger partial charge in [-0.1, -0.05) is 33.6 Å². The molecule has 734 valence electrons. The molecule has 9 aliphatic heterocycles. The molecule has 0 radical (unpaired) electrons. The van der Waals surface area contributed by atoms with Gasteiger partial charge in [0.2, 0.25) is 23.6 Å². The second-order valence-corrected chi connectivity index (χ2v) is 34.8. The monoisotopic (exact) mass is 1850 g/mol. The van der Waals surface area contributed by atoms with Crippen LogP contribution in [0.3, 0.4) is 0 Å². The van der Waals surface area contributed by atoms with Gasteiger partial charge in [0, 0.05) is 51.1 Å². The first-order valence-corrected chi connectivity index (χ1v) is 45.3. The van der Waals surface area contributed by atoms with Crippen LogP contribution in [0.1, 0.15) is 130 Å².